The fourth-order valence-electron chi connectivity index (χ4n) is 3.06. The molecule has 6 nitrogen and oxygen atoms in total. The van der Waals surface area contributed by atoms with Crippen molar-refractivity contribution in [1.82, 2.24) is 0 Å². The second-order valence-corrected chi connectivity index (χ2v) is 6.48. The zero-order valence-corrected chi connectivity index (χ0v) is 14.9. The minimum Gasteiger partial charge on any atom is -0.469 e. The summed E-state index contributed by atoms with van der Waals surface area (Å²) in [5.74, 6) is -1.26. The van der Waals surface area contributed by atoms with Crippen LogP contribution in [0.1, 0.15) is 44.8 Å². The topological polar surface area (TPSA) is 82.1 Å². The van der Waals surface area contributed by atoms with Gasteiger partial charge in [0, 0.05) is 6.42 Å². The summed E-state index contributed by atoms with van der Waals surface area (Å²) in [7, 11) is 1.37. The first kappa shape index (κ1) is 19.4. The lowest BCUT2D eigenvalue weighted by molar-refractivity contribution is -0.160. The molecule has 1 aliphatic rings. The third kappa shape index (κ3) is 5.28. The summed E-state index contributed by atoms with van der Waals surface area (Å²) in [6.45, 7) is 3.56. The van der Waals surface area contributed by atoms with Gasteiger partial charge in [-0.25, -0.2) is 4.79 Å². The van der Waals surface area contributed by atoms with E-state index in [4.69, 9.17) is 14.2 Å². The predicted octanol–water partition coefficient (Wildman–Crippen LogP) is 2.40. The average Bonchev–Trinajstić information content (AvgIpc) is 3.08. The van der Waals surface area contributed by atoms with Gasteiger partial charge in [-0.05, 0) is 32.3 Å². The van der Waals surface area contributed by atoms with Crippen molar-refractivity contribution in [3.63, 3.8) is 0 Å². The van der Waals surface area contributed by atoms with E-state index in [0.29, 0.717) is 12.0 Å². The van der Waals surface area contributed by atoms with E-state index in [0.717, 1.165) is 12.8 Å². The van der Waals surface area contributed by atoms with E-state index in [1.165, 1.54) is 7.11 Å². The average molecular weight is 350 g/mol. The Morgan fingerprint density at radius 3 is 2.52 bits per heavy atom. The molecule has 1 saturated heterocycles. The maximum absolute atomic E-state index is 12.1. The molecule has 0 aliphatic carbocycles. The van der Waals surface area contributed by atoms with Gasteiger partial charge in [-0.3, -0.25) is 4.79 Å². The Balaban J connectivity index is 1.80. The van der Waals surface area contributed by atoms with E-state index in [2.05, 4.69) is 0 Å². The van der Waals surface area contributed by atoms with Crippen LogP contribution in [-0.2, 0) is 23.8 Å². The summed E-state index contributed by atoms with van der Waals surface area (Å²) in [6.07, 6.45) is 0.174. The molecule has 1 heterocycles. The standard InChI is InChI=1S/C19H26O6/c1-12(24-19(22)17(20)14-7-5-4-6-8-14)11-15-9-10-16(25-15)13(2)18(21)23-3/h4-8,12-13,15-17,20H,9-11H2,1-3H3/t12-,13+,15-,16-,17-/m0/s1. The van der Waals surface area contributed by atoms with Gasteiger partial charge >= 0.3 is 11.9 Å². The van der Waals surface area contributed by atoms with Gasteiger partial charge in [0.15, 0.2) is 6.10 Å². The number of carbonyl (C=O) groups excluding carboxylic acids is 2. The molecule has 0 spiro atoms. The minimum atomic E-state index is -1.29. The van der Waals surface area contributed by atoms with Gasteiger partial charge < -0.3 is 19.3 Å². The fraction of sp³-hybridized carbons (Fsp3) is 0.579. The second-order valence-electron chi connectivity index (χ2n) is 6.48. The van der Waals surface area contributed by atoms with E-state index in [1.807, 2.05) is 6.07 Å². The number of aliphatic hydroxyl groups excluding tert-OH is 1. The van der Waals surface area contributed by atoms with Crippen molar-refractivity contribution in [2.75, 3.05) is 7.11 Å². The first-order chi connectivity index (χ1) is 11.9. The molecule has 1 fully saturated rings. The third-order valence-electron chi connectivity index (χ3n) is 4.52. The molecule has 138 valence electrons. The van der Waals surface area contributed by atoms with Gasteiger partial charge in [-0.1, -0.05) is 30.3 Å². The van der Waals surface area contributed by atoms with E-state index < -0.39 is 12.1 Å². The van der Waals surface area contributed by atoms with Gasteiger partial charge in [-0.15, -0.1) is 0 Å². The summed E-state index contributed by atoms with van der Waals surface area (Å²) in [5, 5.41) is 10.0. The molecule has 5 atom stereocenters. The lowest BCUT2D eigenvalue weighted by Crippen LogP contribution is -2.28. The van der Waals surface area contributed by atoms with Crippen LogP contribution in [0, 0.1) is 5.92 Å². The van der Waals surface area contributed by atoms with Crippen LogP contribution in [0.5, 0.6) is 0 Å². The van der Waals surface area contributed by atoms with Crippen LogP contribution >= 0.6 is 0 Å². The number of hydrogen-bond acceptors (Lipinski definition) is 6. The zero-order chi connectivity index (χ0) is 18.4. The number of esters is 2. The number of methoxy groups -OCH3 is 1. The number of benzene rings is 1. The van der Waals surface area contributed by atoms with Crippen molar-refractivity contribution in [3.05, 3.63) is 35.9 Å². The monoisotopic (exact) mass is 350 g/mol. The molecular weight excluding hydrogens is 324 g/mol. The summed E-state index contributed by atoms with van der Waals surface area (Å²) in [6, 6.07) is 8.67. The quantitative estimate of drug-likeness (QED) is 0.761. The zero-order valence-electron chi connectivity index (χ0n) is 14.9. The number of ether oxygens (including phenoxy) is 3. The van der Waals surface area contributed by atoms with Crippen molar-refractivity contribution < 1.29 is 28.9 Å². The van der Waals surface area contributed by atoms with E-state index in [9.17, 15) is 14.7 Å². The van der Waals surface area contributed by atoms with Gasteiger partial charge in [0.05, 0.1) is 25.2 Å². The van der Waals surface area contributed by atoms with E-state index >= 15 is 0 Å². The van der Waals surface area contributed by atoms with Crippen molar-refractivity contribution in [1.29, 1.82) is 0 Å². The second kappa shape index (κ2) is 8.97. The smallest absolute Gasteiger partial charge is 0.339 e. The Morgan fingerprint density at radius 2 is 1.88 bits per heavy atom. The van der Waals surface area contributed by atoms with Crippen LogP contribution < -0.4 is 0 Å². The first-order valence-electron chi connectivity index (χ1n) is 8.59. The van der Waals surface area contributed by atoms with Gasteiger partial charge in [0.1, 0.15) is 6.10 Å². The Kier molecular flexibility index (Phi) is 6.96. The van der Waals surface area contributed by atoms with Gasteiger partial charge in [0.25, 0.3) is 0 Å². The molecule has 0 radical (unpaired) electrons. The van der Waals surface area contributed by atoms with E-state index in [1.54, 1.807) is 38.1 Å². The minimum absolute atomic E-state index is 0.0752. The highest BCUT2D eigenvalue weighted by Gasteiger charge is 2.34. The van der Waals surface area contributed by atoms with Crippen LogP contribution in [0.25, 0.3) is 0 Å². The highest BCUT2D eigenvalue weighted by molar-refractivity contribution is 5.76. The van der Waals surface area contributed by atoms with Crippen LogP contribution in [0.2, 0.25) is 0 Å². The third-order valence-corrected chi connectivity index (χ3v) is 4.52. The van der Waals surface area contributed by atoms with E-state index in [-0.39, 0.29) is 30.2 Å². The highest BCUT2D eigenvalue weighted by Crippen LogP contribution is 2.29. The summed E-state index contributed by atoms with van der Waals surface area (Å²) in [5.41, 5.74) is 0.504. The Labute approximate surface area is 148 Å². The molecule has 0 amide bonds. The molecule has 0 bridgehead atoms. The number of carbonyl (C=O) groups is 2. The molecule has 1 N–H and O–H groups in total. The van der Waals surface area contributed by atoms with Crippen LogP contribution in [0.15, 0.2) is 30.3 Å². The first-order valence-corrected chi connectivity index (χ1v) is 8.59. The Morgan fingerprint density at radius 1 is 1.20 bits per heavy atom. The predicted molar refractivity (Wildman–Crippen MR) is 90.6 cm³/mol. The number of rotatable bonds is 7. The Hall–Kier alpha value is -1.92. The van der Waals surface area contributed by atoms with Crippen LogP contribution in [0.3, 0.4) is 0 Å². The molecule has 0 saturated carbocycles. The lowest BCUT2D eigenvalue weighted by atomic mass is 10.0. The molecular formula is C19H26O6. The highest BCUT2D eigenvalue weighted by atomic mass is 16.6. The number of aliphatic hydroxyl groups is 1. The van der Waals surface area contributed by atoms with Crippen molar-refractivity contribution in [3.8, 4) is 0 Å². The number of hydrogen-bond donors (Lipinski definition) is 1. The molecule has 2 rings (SSSR count). The fourth-order valence-corrected chi connectivity index (χ4v) is 3.06. The normalized spacial score (nSPS) is 23.5. The van der Waals surface area contributed by atoms with Gasteiger partial charge in [0.2, 0.25) is 0 Å². The summed E-state index contributed by atoms with van der Waals surface area (Å²) < 4.78 is 16.0. The maximum Gasteiger partial charge on any atom is 0.339 e. The largest absolute Gasteiger partial charge is 0.469 e. The molecule has 1 aromatic rings. The van der Waals surface area contributed by atoms with Crippen molar-refractivity contribution in [2.45, 2.75) is 57.5 Å². The summed E-state index contributed by atoms with van der Waals surface area (Å²) in [4.78, 5) is 23.6. The lowest BCUT2D eigenvalue weighted by Gasteiger charge is -2.21. The SMILES string of the molecule is COC(=O)[C@H](C)[C@@H]1CC[C@@H](C[C@H](C)OC(=O)[C@@H](O)c2ccccc2)O1. The maximum atomic E-state index is 12.1. The molecule has 6 heteroatoms. The molecule has 1 aliphatic heterocycles. The molecule has 1 aromatic carbocycles. The van der Waals surface area contributed by atoms with Crippen LogP contribution in [0.4, 0.5) is 0 Å². The van der Waals surface area contributed by atoms with Gasteiger partial charge in [-0.2, -0.15) is 0 Å². The van der Waals surface area contributed by atoms with Crippen molar-refractivity contribution >= 4 is 11.9 Å². The molecule has 0 unspecified atom stereocenters. The Bertz CT molecular complexity index is 573. The van der Waals surface area contributed by atoms with Crippen molar-refractivity contribution in [2.24, 2.45) is 5.92 Å². The molecule has 0 aromatic heterocycles. The summed E-state index contributed by atoms with van der Waals surface area (Å²) >= 11 is 0. The van der Waals surface area contributed by atoms with Crippen LogP contribution in [-0.4, -0.2) is 42.5 Å². The molecule has 25 heavy (non-hydrogen) atoms.